The largest absolute Gasteiger partial charge is 0.493 e. The smallest absolute Gasteiger partial charge is 0.330 e. The number of hydrogen-bond acceptors (Lipinski definition) is 4. The van der Waals surface area contributed by atoms with Gasteiger partial charge in [0.15, 0.2) is 0 Å². The van der Waals surface area contributed by atoms with Gasteiger partial charge in [0, 0.05) is 34.4 Å². The zero-order valence-corrected chi connectivity index (χ0v) is 20.3. The van der Waals surface area contributed by atoms with Crippen LogP contribution in [-0.4, -0.2) is 23.1 Å². The molecule has 0 saturated carbocycles. The van der Waals surface area contributed by atoms with Crippen LogP contribution in [0.15, 0.2) is 89.5 Å². The number of hydrogen-bond donors (Lipinski definition) is 2. The molecule has 0 spiro atoms. The van der Waals surface area contributed by atoms with Crippen LogP contribution in [0.5, 0.6) is 0 Å². The molecular weight excluding hydrogens is 542 g/mol. The summed E-state index contributed by atoms with van der Waals surface area (Å²) in [6.45, 7) is 0. The minimum atomic E-state index is -3.97. The van der Waals surface area contributed by atoms with Crippen LogP contribution in [0.4, 0.5) is 14.5 Å². The monoisotopic (exact) mass is 558 g/mol. The molecule has 1 aromatic heterocycles. The summed E-state index contributed by atoms with van der Waals surface area (Å²) < 4.78 is 58.2. The highest BCUT2D eigenvalue weighted by Gasteiger charge is 2.29. The number of rotatable bonds is 5. The normalized spacial score (nSPS) is 14.6. The molecule has 178 valence electrons. The first kappa shape index (κ1) is 23.1. The Morgan fingerprint density at radius 2 is 1.74 bits per heavy atom. The van der Waals surface area contributed by atoms with Crippen LogP contribution >= 0.6 is 15.9 Å². The van der Waals surface area contributed by atoms with Gasteiger partial charge >= 0.3 is 10.2 Å². The summed E-state index contributed by atoms with van der Waals surface area (Å²) >= 11 is 3.41. The predicted octanol–water partition coefficient (Wildman–Crippen LogP) is 5.18. The molecule has 1 aliphatic rings. The standard InChI is InChI=1S/C24H17BrF2N4O3S/c25-16-6-4-15(5-7-16)10-23-28-22(20-9-8-17(26)11-21(20)27)13-30(23)18-2-1-3-19(12-18)31-14-24(32)29-35(31,33)34/h1-9,11-14,29,32H,10H2. The van der Waals surface area contributed by atoms with E-state index in [1.165, 1.54) is 6.07 Å². The number of aromatic nitrogens is 2. The molecular formula is C24H17BrF2N4O3S. The molecule has 5 rings (SSSR count). The van der Waals surface area contributed by atoms with E-state index in [0.29, 0.717) is 23.6 Å². The number of aliphatic hydroxyl groups is 1. The lowest BCUT2D eigenvalue weighted by Crippen LogP contribution is -2.29. The topological polar surface area (TPSA) is 87.5 Å². The maximum Gasteiger partial charge on any atom is 0.330 e. The van der Waals surface area contributed by atoms with Crippen LogP contribution in [0, 0.1) is 11.6 Å². The third-order valence-electron chi connectivity index (χ3n) is 5.36. The van der Waals surface area contributed by atoms with Gasteiger partial charge in [-0.2, -0.15) is 8.42 Å². The molecule has 35 heavy (non-hydrogen) atoms. The Hall–Kier alpha value is -3.70. The SMILES string of the molecule is O=S1(=O)NC(O)=CN1c1cccc(-n2cc(-c3ccc(F)cc3F)nc2Cc2ccc(Br)cc2)c1. The van der Waals surface area contributed by atoms with Gasteiger partial charge in [0.25, 0.3) is 0 Å². The van der Waals surface area contributed by atoms with E-state index in [1.807, 2.05) is 29.0 Å². The molecule has 2 N–H and O–H groups in total. The molecule has 0 unspecified atom stereocenters. The first-order valence-electron chi connectivity index (χ1n) is 10.3. The third kappa shape index (κ3) is 4.64. The van der Waals surface area contributed by atoms with E-state index < -0.39 is 27.7 Å². The maximum absolute atomic E-state index is 14.5. The fourth-order valence-corrected chi connectivity index (χ4v) is 5.07. The van der Waals surface area contributed by atoms with Crippen molar-refractivity contribution in [1.82, 2.24) is 14.3 Å². The molecule has 0 radical (unpaired) electrons. The first-order valence-corrected chi connectivity index (χ1v) is 12.5. The molecule has 0 saturated heterocycles. The van der Waals surface area contributed by atoms with Crippen molar-refractivity contribution in [1.29, 1.82) is 0 Å². The maximum atomic E-state index is 14.5. The molecule has 0 aliphatic carbocycles. The van der Waals surface area contributed by atoms with Gasteiger partial charge in [0.05, 0.1) is 17.6 Å². The van der Waals surface area contributed by atoms with Gasteiger partial charge in [-0.1, -0.05) is 34.1 Å². The van der Waals surface area contributed by atoms with Crippen molar-refractivity contribution < 1.29 is 22.3 Å². The molecule has 0 bridgehead atoms. The third-order valence-corrected chi connectivity index (χ3v) is 7.19. The van der Waals surface area contributed by atoms with Crippen LogP contribution in [0.2, 0.25) is 0 Å². The van der Waals surface area contributed by atoms with Crippen molar-refractivity contribution in [2.24, 2.45) is 0 Å². The van der Waals surface area contributed by atoms with Crippen molar-refractivity contribution in [2.75, 3.05) is 4.31 Å². The molecule has 7 nitrogen and oxygen atoms in total. The van der Waals surface area contributed by atoms with E-state index in [2.05, 4.69) is 20.9 Å². The molecule has 0 fully saturated rings. The van der Waals surface area contributed by atoms with E-state index in [4.69, 9.17) is 0 Å². The number of benzene rings is 3. The quantitative estimate of drug-likeness (QED) is 0.353. The van der Waals surface area contributed by atoms with E-state index >= 15 is 0 Å². The number of nitrogens with zero attached hydrogens (tertiary/aromatic N) is 3. The average molecular weight is 559 g/mol. The molecule has 4 aromatic rings. The summed E-state index contributed by atoms with van der Waals surface area (Å²) in [4.78, 5) is 4.63. The first-order chi connectivity index (χ1) is 16.7. The number of nitrogens with one attached hydrogen (secondary N) is 1. The number of halogens is 3. The second-order valence-electron chi connectivity index (χ2n) is 7.78. The zero-order valence-electron chi connectivity index (χ0n) is 17.9. The van der Waals surface area contributed by atoms with E-state index in [0.717, 1.165) is 32.7 Å². The Kier molecular flexibility index (Phi) is 5.81. The van der Waals surface area contributed by atoms with Gasteiger partial charge in [-0.25, -0.2) is 22.8 Å². The van der Waals surface area contributed by atoms with Crippen molar-refractivity contribution in [3.63, 3.8) is 0 Å². The van der Waals surface area contributed by atoms with Crippen LogP contribution < -0.4 is 9.03 Å². The lowest BCUT2D eigenvalue weighted by molar-refractivity contribution is 0.392. The Balaban J connectivity index is 1.62. The van der Waals surface area contributed by atoms with Crippen LogP contribution in [0.25, 0.3) is 16.9 Å². The average Bonchev–Trinajstić information content (AvgIpc) is 3.34. The van der Waals surface area contributed by atoms with Crippen molar-refractivity contribution >= 4 is 31.8 Å². The highest BCUT2D eigenvalue weighted by atomic mass is 79.9. The fraction of sp³-hybridized carbons (Fsp3) is 0.0417. The molecule has 0 atom stereocenters. The zero-order chi connectivity index (χ0) is 24.7. The molecule has 1 aliphatic heterocycles. The van der Waals surface area contributed by atoms with Crippen molar-refractivity contribution in [2.45, 2.75) is 6.42 Å². The second kappa shape index (κ2) is 8.82. The minimum Gasteiger partial charge on any atom is -0.493 e. The molecule has 2 heterocycles. The van der Waals surface area contributed by atoms with Crippen LogP contribution in [0.3, 0.4) is 0 Å². The molecule has 0 amide bonds. The Labute approximate surface area is 208 Å². The summed E-state index contributed by atoms with van der Waals surface area (Å²) in [6.07, 6.45) is 3.07. The Morgan fingerprint density at radius 1 is 1.00 bits per heavy atom. The molecule has 3 aromatic carbocycles. The highest BCUT2D eigenvalue weighted by Crippen LogP contribution is 2.29. The number of imidazole rings is 1. The van der Waals surface area contributed by atoms with Gasteiger partial charge in [-0.3, -0.25) is 0 Å². The van der Waals surface area contributed by atoms with Gasteiger partial charge in [0.2, 0.25) is 5.88 Å². The lowest BCUT2D eigenvalue weighted by atomic mass is 10.1. The summed E-state index contributed by atoms with van der Waals surface area (Å²) in [7, 11) is -3.97. The molecule has 11 heteroatoms. The second-order valence-corrected chi connectivity index (χ2v) is 10.2. The number of anilines is 1. The van der Waals surface area contributed by atoms with Crippen molar-refractivity contribution in [3.8, 4) is 16.9 Å². The predicted molar refractivity (Wildman–Crippen MR) is 131 cm³/mol. The van der Waals surface area contributed by atoms with Gasteiger partial charge in [-0.15, -0.1) is 0 Å². The van der Waals surface area contributed by atoms with Crippen molar-refractivity contribution in [3.05, 3.63) is 113 Å². The highest BCUT2D eigenvalue weighted by molar-refractivity contribution is 9.10. The van der Waals surface area contributed by atoms with Gasteiger partial charge < -0.3 is 9.67 Å². The van der Waals surface area contributed by atoms with E-state index in [1.54, 1.807) is 35.0 Å². The summed E-state index contributed by atoms with van der Waals surface area (Å²) in [5.74, 6) is -1.37. The lowest BCUT2D eigenvalue weighted by Gasteiger charge is -2.16. The van der Waals surface area contributed by atoms with Gasteiger partial charge in [0.1, 0.15) is 17.5 Å². The van der Waals surface area contributed by atoms with Gasteiger partial charge in [-0.05, 0) is 48.0 Å². The summed E-state index contributed by atoms with van der Waals surface area (Å²) in [5.41, 5.74) is 2.22. The summed E-state index contributed by atoms with van der Waals surface area (Å²) in [6, 6.07) is 17.5. The minimum absolute atomic E-state index is 0.137. The number of aliphatic hydroxyl groups excluding tert-OH is 1. The Morgan fingerprint density at radius 3 is 2.43 bits per heavy atom. The van der Waals surface area contributed by atoms with Crippen LogP contribution in [0.1, 0.15) is 11.4 Å². The van der Waals surface area contributed by atoms with Crippen LogP contribution in [-0.2, 0) is 16.6 Å². The van der Waals surface area contributed by atoms with E-state index in [-0.39, 0.29) is 11.3 Å². The Bertz CT molecular complexity index is 1570. The fourth-order valence-electron chi connectivity index (χ4n) is 3.76. The summed E-state index contributed by atoms with van der Waals surface area (Å²) in [5, 5.41) is 9.63. The van der Waals surface area contributed by atoms with E-state index in [9.17, 15) is 22.3 Å².